The van der Waals surface area contributed by atoms with E-state index < -0.39 is 46.5 Å². The van der Waals surface area contributed by atoms with E-state index in [0.29, 0.717) is 0 Å². The van der Waals surface area contributed by atoms with E-state index in [1.54, 1.807) is 6.92 Å². The molecule has 4 N–H and O–H groups in total. The molecular formula is C16H26O8. The topological polar surface area (TPSA) is 149 Å². The number of hydrogen-bond acceptors (Lipinski definition) is 5. The second kappa shape index (κ2) is 7.74. The van der Waals surface area contributed by atoms with E-state index in [2.05, 4.69) is 0 Å². The number of aliphatic hydroxyl groups is 1. The minimum Gasteiger partial charge on any atom is -0.481 e. The lowest BCUT2D eigenvalue weighted by molar-refractivity contribution is -0.222. The van der Waals surface area contributed by atoms with Crippen molar-refractivity contribution in [2.75, 3.05) is 0 Å². The molecule has 0 heterocycles. The zero-order chi connectivity index (χ0) is 19.3. The molecule has 0 aromatic rings. The van der Waals surface area contributed by atoms with Gasteiger partial charge in [-0.05, 0) is 25.7 Å². The molecule has 0 aliphatic carbocycles. The smallest absolute Gasteiger partial charge is 0.338 e. The van der Waals surface area contributed by atoms with Gasteiger partial charge in [0.05, 0.1) is 0 Å². The molecule has 8 heteroatoms. The first-order chi connectivity index (χ1) is 11.0. The highest BCUT2D eigenvalue weighted by atomic mass is 16.4. The van der Waals surface area contributed by atoms with Gasteiger partial charge in [-0.3, -0.25) is 14.4 Å². The van der Waals surface area contributed by atoms with E-state index in [9.17, 15) is 39.6 Å². The highest BCUT2D eigenvalue weighted by Gasteiger charge is 2.74. The summed E-state index contributed by atoms with van der Waals surface area (Å²) in [7, 11) is 0. The summed E-state index contributed by atoms with van der Waals surface area (Å²) >= 11 is 0. The standard InChI is InChI=1S/C16H26O8/c1-5-9-10(17)15(8-4,12(20)21)16(24,13(22)23)14(6-2,7-3)11(18)19/h24H,5-9H2,1-4H3,(H,18,19)(H,20,21)(H,22,23). The molecule has 0 saturated carbocycles. The number of aliphatic carboxylic acids is 3. The molecule has 0 amide bonds. The third-order valence-corrected chi connectivity index (χ3v) is 5.08. The van der Waals surface area contributed by atoms with Gasteiger partial charge < -0.3 is 20.4 Å². The quantitative estimate of drug-likeness (QED) is 0.412. The summed E-state index contributed by atoms with van der Waals surface area (Å²) in [5.74, 6) is -6.50. The summed E-state index contributed by atoms with van der Waals surface area (Å²) < 4.78 is 0. The number of ketones is 1. The molecule has 0 saturated heterocycles. The van der Waals surface area contributed by atoms with Crippen LogP contribution in [0.3, 0.4) is 0 Å². The summed E-state index contributed by atoms with van der Waals surface area (Å²) in [5.41, 5.74) is -8.36. The predicted octanol–water partition coefficient (Wildman–Crippen LogP) is 1.54. The first kappa shape index (κ1) is 22.0. The Hall–Kier alpha value is -1.96. The average molecular weight is 346 g/mol. The number of carbonyl (C=O) groups is 4. The number of hydrogen-bond donors (Lipinski definition) is 4. The van der Waals surface area contributed by atoms with E-state index in [1.165, 1.54) is 20.8 Å². The Labute approximate surface area is 140 Å². The normalized spacial score (nSPS) is 16.7. The predicted molar refractivity (Wildman–Crippen MR) is 83.5 cm³/mol. The van der Waals surface area contributed by atoms with Gasteiger partial charge in [0, 0.05) is 6.42 Å². The molecule has 0 fully saturated rings. The highest BCUT2D eigenvalue weighted by molar-refractivity contribution is 6.10. The molecule has 2 atom stereocenters. The van der Waals surface area contributed by atoms with Crippen LogP contribution in [0.5, 0.6) is 0 Å². The van der Waals surface area contributed by atoms with Crippen LogP contribution in [0, 0.1) is 10.8 Å². The highest BCUT2D eigenvalue weighted by Crippen LogP contribution is 2.52. The molecule has 0 aliphatic rings. The molecule has 24 heavy (non-hydrogen) atoms. The van der Waals surface area contributed by atoms with Crippen LogP contribution in [-0.4, -0.2) is 49.7 Å². The Kier molecular flexibility index (Phi) is 7.11. The molecule has 0 aliphatic heterocycles. The number of carboxylic acids is 3. The van der Waals surface area contributed by atoms with E-state index in [0.717, 1.165) is 0 Å². The zero-order valence-electron chi connectivity index (χ0n) is 14.5. The molecule has 0 spiro atoms. The van der Waals surface area contributed by atoms with Crippen molar-refractivity contribution in [2.45, 2.75) is 65.4 Å². The molecule has 8 nitrogen and oxygen atoms in total. The van der Waals surface area contributed by atoms with Crippen molar-refractivity contribution >= 4 is 23.7 Å². The average Bonchev–Trinajstić information content (AvgIpc) is 2.49. The maximum Gasteiger partial charge on any atom is 0.338 e. The molecule has 138 valence electrons. The third-order valence-electron chi connectivity index (χ3n) is 5.08. The van der Waals surface area contributed by atoms with E-state index >= 15 is 0 Å². The van der Waals surface area contributed by atoms with Gasteiger partial charge in [0.15, 0.2) is 11.2 Å². The lowest BCUT2D eigenvalue weighted by Crippen LogP contribution is -2.71. The van der Waals surface area contributed by atoms with Gasteiger partial charge in [-0.15, -0.1) is 0 Å². The molecule has 0 aromatic heterocycles. The fourth-order valence-corrected chi connectivity index (χ4v) is 3.54. The first-order valence-electron chi connectivity index (χ1n) is 7.95. The summed E-state index contributed by atoms with van der Waals surface area (Å²) in [4.78, 5) is 48.4. The van der Waals surface area contributed by atoms with Crippen molar-refractivity contribution in [2.24, 2.45) is 10.8 Å². The van der Waals surface area contributed by atoms with Crippen LogP contribution in [0.2, 0.25) is 0 Å². The van der Waals surface area contributed by atoms with E-state index in [4.69, 9.17) is 0 Å². The second-order valence-corrected chi connectivity index (χ2v) is 5.85. The van der Waals surface area contributed by atoms with Gasteiger partial charge in [0.1, 0.15) is 5.41 Å². The maximum absolute atomic E-state index is 12.6. The molecule has 0 aromatic carbocycles. The Morgan fingerprint density at radius 1 is 0.750 bits per heavy atom. The number of carboxylic acid groups (broad SMARTS) is 3. The van der Waals surface area contributed by atoms with Crippen molar-refractivity contribution in [1.82, 2.24) is 0 Å². The van der Waals surface area contributed by atoms with Crippen LogP contribution in [0.1, 0.15) is 59.8 Å². The Bertz CT molecular complexity index is 522. The lowest BCUT2D eigenvalue weighted by Gasteiger charge is -2.49. The molecule has 0 rings (SSSR count). The summed E-state index contributed by atoms with van der Waals surface area (Å²) in [6.45, 7) is 5.55. The van der Waals surface area contributed by atoms with Gasteiger partial charge in [-0.1, -0.05) is 27.7 Å². The van der Waals surface area contributed by atoms with Crippen LogP contribution in [0.15, 0.2) is 0 Å². The fraction of sp³-hybridized carbons (Fsp3) is 0.750. The number of carbonyl (C=O) groups excluding carboxylic acids is 1. The Balaban J connectivity index is 7.05. The third kappa shape index (κ3) is 2.68. The Morgan fingerprint density at radius 3 is 1.42 bits per heavy atom. The monoisotopic (exact) mass is 346 g/mol. The van der Waals surface area contributed by atoms with Crippen molar-refractivity contribution in [3.05, 3.63) is 0 Å². The van der Waals surface area contributed by atoms with Crippen LogP contribution in [0.4, 0.5) is 0 Å². The van der Waals surface area contributed by atoms with Crippen molar-refractivity contribution in [3.63, 3.8) is 0 Å². The molecular weight excluding hydrogens is 320 g/mol. The van der Waals surface area contributed by atoms with Crippen LogP contribution < -0.4 is 0 Å². The fourth-order valence-electron chi connectivity index (χ4n) is 3.54. The zero-order valence-corrected chi connectivity index (χ0v) is 14.5. The van der Waals surface area contributed by atoms with Crippen molar-refractivity contribution in [1.29, 1.82) is 0 Å². The number of Topliss-reactive ketones (excluding diaryl/α,β-unsaturated/α-hetero) is 1. The maximum atomic E-state index is 12.6. The largest absolute Gasteiger partial charge is 0.481 e. The van der Waals surface area contributed by atoms with Crippen LogP contribution >= 0.6 is 0 Å². The molecule has 0 bridgehead atoms. The molecule has 2 unspecified atom stereocenters. The van der Waals surface area contributed by atoms with Gasteiger partial charge >= 0.3 is 17.9 Å². The minimum absolute atomic E-state index is 0.238. The van der Waals surface area contributed by atoms with Gasteiger partial charge in [-0.25, -0.2) is 4.79 Å². The second-order valence-electron chi connectivity index (χ2n) is 5.85. The van der Waals surface area contributed by atoms with Gasteiger partial charge in [0.25, 0.3) is 0 Å². The van der Waals surface area contributed by atoms with Crippen molar-refractivity contribution in [3.8, 4) is 0 Å². The lowest BCUT2D eigenvalue weighted by atomic mass is 9.53. The summed E-state index contributed by atoms with van der Waals surface area (Å²) in [6, 6.07) is 0. The molecule has 0 radical (unpaired) electrons. The Morgan fingerprint density at radius 2 is 1.21 bits per heavy atom. The number of rotatable bonds is 11. The van der Waals surface area contributed by atoms with E-state index in [1.807, 2.05) is 0 Å². The summed E-state index contributed by atoms with van der Waals surface area (Å²) in [6.07, 6.45) is -1.29. The first-order valence-corrected chi connectivity index (χ1v) is 7.95. The van der Waals surface area contributed by atoms with E-state index in [-0.39, 0.29) is 25.7 Å². The SMILES string of the molecule is CCCC(=O)C(CC)(C(=O)O)C(O)(C(=O)O)C(CC)(CC)C(=O)O. The summed E-state index contributed by atoms with van der Waals surface area (Å²) in [5, 5.41) is 40.1. The van der Waals surface area contributed by atoms with Crippen LogP contribution in [0.25, 0.3) is 0 Å². The van der Waals surface area contributed by atoms with Gasteiger partial charge in [0.2, 0.25) is 5.60 Å². The van der Waals surface area contributed by atoms with Gasteiger partial charge in [-0.2, -0.15) is 0 Å². The van der Waals surface area contributed by atoms with Crippen molar-refractivity contribution < 1.29 is 39.6 Å². The van der Waals surface area contributed by atoms with Crippen LogP contribution in [-0.2, 0) is 19.2 Å². The minimum atomic E-state index is -3.29.